The number of rotatable bonds is 6. The van der Waals surface area contributed by atoms with Crippen molar-refractivity contribution < 1.29 is 0 Å². The van der Waals surface area contributed by atoms with E-state index in [1.165, 1.54) is 29.2 Å². The van der Waals surface area contributed by atoms with Crippen LogP contribution in [-0.4, -0.2) is 28.6 Å². The summed E-state index contributed by atoms with van der Waals surface area (Å²) in [7, 11) is 0. The highest BCUT2D eigenvalue weighted by Gasteiger charge is 2.26. The standard InChI is InChI=1S/C17H22N2S2/c1-2-18-14(16-9-6-10-20-16)11-17-19-15(12-21-17)13-7-4-3-5-8-13/h3-5,7-8,12,14,16,18H,2,6,9-11H2,1H3. The fourth-order valence-electron chi connectivity index (χ4n) is 2.85. The maximum absolute atomic E-state index is 4.84. The molecule has 0 spiro atoms. The van der Waals surface area contributed by atoms with Crippen LogP contribution >= 0.6 is 23.1 Å². The molecule has 112 valence electrons. The van der Waals surface area contributed by atoms with E-state index < -0.39 is 0 Å². The van der Waals surface area contributed by atoms with Crippen LogP contribution in [0.15, 0.2) is 35.7 Å². The molecule has 1 N–H and O–H groups in total. The highest BCUT2D eigenvalue weighted by Crippen LogP contribution is 2.31. The quantitative estimate of drug-likeness (QED) is 0.863. The molecule has 21 heavy (non-hydrogen) atoms. The van der Waals surface area contributed by atoms with E-state index in [1.807, 2.05) is 0 Å². The first-order valence-corrected chi connectivity index (χ1v) is 9.64. The van der Waals surface area contributed by atoms with Gasteiger partial charge in [-0.1, -0.05) is 37.3 Å². The van der Waals surface area contributed by atoms with Crippen LogP contribution < -0.4 is 5.32 Å². The number of hydrogen-bond acceptors (Lipinski definition) is 4. The van der Waals surface area contributed by atoms with Crippen LogP contribution in [0.5, 0.6) is 0 Å². The van der Waals surface area contributed by atoms with Gasteiger partial charge in [-0.05, 0) is 25.1 Å². The predicted molar refractivity (Wildman–Crippen MR) is 94.2 cm³/mol. The van der Waals surface area contributed by atoms with Crippen molar-refractivity contribution in [1.82, 2.24) is 10.3 Å². The molecule has 0 saturated carbocycles. The van der Waals surface area contributed by atoms with Crippen LogP contribution in [0.25, 0.3) is 11.3 Å². The summed E-state index contributed by atoms with van der Waals surface area (Å²) in [6, 6.07) is 11.0. The van der Waals surface area contributed by atoms with Gasteiger partial charge in [-0.2, -0.15) is 11.8 Å². The van der Waals surface area contributed by atoms with E-state index in [2.05, 4.69) is 59.7 Å². The summed E-state index contributed by atoms with van der Waals surface area (Å²) in [5, 5.41) is 7.87. The Morgan fingerprint density at radius 2 is 2.19 bits per heavy atom. The van der Waals surface area contributed by atoms with Gasteiger partial charge in [0.2, 0.25) is 0 Å². The average molecular weight is 319 g/mol. The second-order valence-electron chi connectivity index (χ2n) is 5.41. The number of aromatic nitrogens is 1. The van der Waals surface area contributed by atoms with E-state index in [0.29, 0.717) is 6.04 Å². The highest BCUT2D eigenvalue weighted by molar-refractivity contribution is 8.00. The third-order valence-electron chi connectivity index (χ3n) is 3.90. The van der Waals surface area contributed by atoms with Crippen molar-refractivity contribution in [2.24, 2.45) is 0 Å². The van der Waals surface area contributed by atoms with Crippen molar-refractivity contribution in [1.29, 1.82) is 0 Å². The number of likely N-dealkylation sites (N-methyl/N-ethyl adjacent to an activating group) is 1. The van der Waals surface area contributed by atoms with Crippen molar-refractivity contribution >= 4 is 23.1 Å². The van der Waals surface area contributed by atoms with Gasteiger partial charge in [-0.15, -0.1) is 11.3 Å². The maximum atomic E-state index is 4.84. The fourth-order valence-corrected chi connectivity index (χ4v) is 5.11. The first kappa shape index (κ1) is 15.1. The summed E-state index contributed by atoms with van der Waals surface area (Å²) in [6.45, 7) is 3.24. The predicted octanol–water partition coefficient (Wildman–Crippen LogP) is 4.23. The van der Waals surface area contributed by atoms with Crippen LogP contribution in [-0.2, 0) is 6.42 Å². The first-order valence-electron chi connectivity index (χ1n) is 7.71. The largest absolute Gasteiger partial charge is 0.313 e. The first-order chi connectivity index (χ1) is 10.4. The van der Waals surface area contributed by atoms with Gasteiger partial charge in [0, 0.05) is 28.7 Å². The molecule has 2 nitrogen and oxygen atoms in total. The Hall–Kier alpha value is -0.840. The highest BCUT2D eigenvalue weighted by atomic mass is 32.2. The number of thiazole rings is 1. The van der Waals surface area contributed by atoms with Crippen molar-refractivity contribution in [2.45, 2.75) is 37.5 Å². The molecule has 0 aliphatic carbocycles. The van der Waals surface area contributed by atoms with Crippen LogP contribution in [0.3, 0.4) is 0 Å². The monoisotopic (exact) mass is 318 g/mol. The van der Waals surface area contributed by atoms with E-state index in [-0.39, 0.29) is 0 Å². The molecule has 1 saturated heterocycles. The van der Waals surface area contributed by atoms with E-state index >= 15 is 0 Å². The van der Waals surface area contributed by atoms with Gasteiger partial charge in [0.25, 0.3) is 0 Å². The zero-order chi connectivity index (χ0) is 14.5. The van der Waals surface area contributed by atoms with Crippen LogP contribution in [0.2, 0.25) is 0 Å². The van der Waals surface area contributed by atoms with E-state index in [1.54, 1.807) is 11.3 Å². The summed E-state index contributed by atoms with van der Waals surface area (Å²) in [5.41, 5.74) is 2.33. The molecule has 0 bridgehead atoms. The Morgan fingerprint density at radius 3 is 2.90 bits per heavy atom. The number of nitrogens with one attached hydrogen (secondary N) is 1. The van der Waals surface area contributed by atoms with Gasteiger partial charge < -0.3 is 5.32 Å². The number of benzene rings is 1. The summed E-state index contributed by atoms with van der Waals surface area (Å²) in [4.78, 5) is 4.84. The molecule has 2 heterocycles. The van der Waals surface area contributed by atoms with Gasteiger partial charge in [-0.25, -0.2) is 4.98 Å². The Kier molecular flexibility index (Phi) is 5.33. The Morgan fingerprint density at radius 1 is 1.33 bits per heavy atom. The van der Waals surface area contributed by atoms with Crippen LogP contribution in [0.4, 0.5) is 0 Å². The minimum absolute atomic E-state index is 0.567. The molecule has 2 aromatic rings. The Labute approximate surface area is 135 Å². The molecule has 0 amide bonds. The van der Waals surface area contributed by atoms with Crippen molar-refractivity contribution in [3.05, 3.63) is 40.7 Å². The van der Waals surface area contributed by atoms with Crippen LogP contribution in [0, 0.1) is 0 Å². The lowest BCUT2D eigenvalue weighted by atomic mass is 10.1. The zero-order valence-electron chi connectivity index (χ0n) is 12.4. The SMILES string of the molecule is CCNC(Cc1nc(-c2ccccc2)cs1)C1CCCS1. The Bertz CT molecular complexity index is 547. The molecule has 1 aromatic carbocycles. The molecule has 2 atom stereocenters. The molecule has 2 unspecified atom stereocenters. The van der Waals surface area contributed by atoms with Crippen molar-refractivity contribution in [3.63, 3.8) is 0 Å². The smallest absolute Gasteiger partial charge is 0.0948 e. The molecule has 0 radical (unpaired) electrons. The van der Waals surface area contributed by atoms with Gasteiger partial charge >= 0.3 is 0 Å². The van der Waals surface area contributed by atoms with Crippen molar-refractivity contribution in [2.75, 3.05) is 12.3 Å². The minimum atomic E-state index is 0.567. The minimum Gasteiger partial charge on any atom is -0.313 e. The van der Waals surface area contributed by atoms with E-state index in [9.17, 15) is 0 Å². The molecule has 1 fully saturated rings. The third kappa shape index (κ3) is 3.87. The molecule has 4 heteroatoms. The number of nitrogens with zero attached hydrogens (tertiary/aromatic N) is 1. The second kappa shape index (κ2) is 7.43. The number of hydrogen-bond donors (Lipinski definition) is 1. The van der Waals surface area contributed by atoms with E-state index in [4.69, 9.17) is 4.98 Å². The Balaban J connectivity index is 1.70. The summed E-state index contributed by atoms with van der Waals surface area (Å²) in [5.74, 6) is 1.32. The molecule has 1 aromatic heterocycles. The molecule has 1 aliphatic heterocycles. The number of thioether (sulfide) groups is 1. The summed E-state index contributed by atoms with van der Waals surface area (Å²) < 4.78 is 0. The molecular weight excluding hydrogens is 296 g/mol. The average Bonchev–Trinajstić information content (AvgIpc) is 3.19. The summed E-state index contributed by atoms with van der Waals surface area (Å²) >= 11 is 3.92. The molecule has 1 aliphatic rings. The normalized spacial score (nSPS) is 19.8. The van der Waals surface area contributed by atoms with Gasteiger partial charge in [0.15, 0.2) is 0 Å². The molecule has 3 rings (SSSR count). The third-order valence-corrected chi connectivity index (χ3v) is 6.28. The summed E-state index contributed by atoms with van der Waals surface area (Å²) in [6.07, 6.45) is 3.77. The fraction of sp³-hybridized carbons (Fsp3) is 0.471. The molecular formula is C17H22N2S2. The van der Waals surface area contributed by atoms with Crippen LogP contribution in [0.1, 0.15) is 24.8 Å². The van der Waals surface area contributed by atoms with Crippen molar-refractivity contribution in [3.8, 4) is 11.3 Å². The lowest BCUT2D eigenvalue weighted by molar-refractivity contribution is 0.495. The van der Waals surface area contributed by atoms with E-state index in [0.717, 1.165) is 23.9 Å². The van der Waals surface area contributed by atoms with Gasteiger partial charge in [0.1, 0.15) is 0 Å². The lowest BCUT2D eigenvalue weighted by Crippen LogP contribution is -2.38. The second-order valence-corrected chi connectivity index (χ2v) is 7.70. The zero-order valence-corrected chi connectivity index (χ0v) is 14.1. The maximum Gasteiger partial charge on any atom is 0.0948 e. The van der Waals surface area contributed by atoms with Gasteiger partial charge in [0.05, 0.1) is 10.7 Å². The lowest BCUT2D eigenvalue weighted by Gasteiger charge is -2.22. The van der Waals surface area contributed by atoms with Gasteiger partial charge in [-0.3, -0.25) is 0 Å². The topological polar surface area (TPSA) is 24.9 Å².